The fourth-order valence-corrected chi connectivity index (χ4v) is 2.57. The predicted molar refractivity (Wildman–Crippen MR) is 117 cm³/mol. The van der Waals surface area contributed by atoms with Gasteiger partial charge in [-0.1, -0.05) is 36.4 Å². The van der Waals surface area contributed by atoms with E-state index in [0.717, 1.165) is 5.56 Å². The molecule has 0 fully saturated rings. The molecule has 0 aliphatic heterocycles. The van der Waals surface area contributed by atoms with E-state index in [0.29, 0.717) is 25.5 Å². The van der Waals surface area contributed by atoms with Gasteiger partial charge in [-0.15, -0.1) is 24.0 Å². The molecule has 0 saturated heterocycles. The summed E-state index contributed by atoms with van der Waals surface area (Å²) in [5.41, 5.74) is 0.760. The number of hydrogen-bond acceptors (Lipinski definition) is 3. The van der Waals surface area contributed by atoms with Crippen molar-refractivity contribution in [3.63, 3.8) is 0 Å². The van der Waals surface area contributed by atoms with Crippen molar-refractivity contribution in [2.75, 3.05) is 13.1 Å². The van der Waals surface area contributed by atoms with E-state index in [1.165, 1.54) is 18.2 Å². The predicted octanol–water partition coefficient (Wildman–Crippen LogP) is 4.22. The van der Waals surface area contributed by atoms with E-state index in [1.807, 2.05) is 37.3 Å². The normalized spacial score (nSPS) is 12.3. The Hall–Kier alpha value is -2.01. The van der Waals surface area contributed by atoms with E-state index in [4.69, 9.17) is 0 Å². The zero-order valence-corrected chi connectivity index (χ0v) is 18.3. The van der Waals surface area contributed by atoms with Gasteiger partial charge in [0, 0.05) is 13.1 Å². The lowest BCUT2D eigenvalue weighted by Gasteiger charge is -2.15. The van der Waals surface area contributed by atoms with E-state index in [9.17, 15) is 18.3 Å². The van der Waals surface area contributed by atoms with E-state index in [2.05, 4.69) is 20.4 Å². The van der Waals surface area contributed by atoms with Gasteiger partial charge in [0.2, 0.25) is 0 Å². The van der Waals surface area contributed by atoms with Gasteiger partial charge in [-0.3, -0.25) is 0 Å². The van der Waals surface area contributed by atoms with Crippen LogP contribution in [0.15, 0.2) is 53.5 Å². The highest BCUT2D eigenvalue weighted by molar-refractivity contribution is 14.0. The summed E-state index contributed by atoms with van der Waals surface area (Å²) in [4.78, 5) is 4.23. The number of hydrogen-bond donors (Lipinski definition) is 3. The Morgan fingerprint density at radius 1 is 1.10 bits per heavy atom. The zero-order chi connectivity index (χ0) is 20.4. The molecule has 0 aliphatic carbocycles. The molecular formula is C20H25F3IN3O2. The summed E-state index contributed by atoms with van der Waals surface area (Å²) < 4.78 is 43.4. The Morgan fingerprint density at radius 3 is 2.48 bits per heavy atom. The van der Waals surface area contributed by atoms with Crippen LogP contribution in [-0.2, 0) is 6.54 Å². The van der Waals surface area contributed by atoms with Crippen LogP contribution in [0.4, 0.5) is 13.2 Å². The molecule has 0 heterocycles. The number of guanidine groups is 1. The van der Waals surface area contributed by atoms with Crippen molar-refractivity contribution in [1.29, 1.82) is 0 Å². The van der Waals surface area contributed by atoms with E-state index >= 15 is 0 Å². The fraction of sp³-hybridized carbons (Fsp3) is 0.350. The van der Waals surface area contributed by atoms with Gasteiger partial charge in [0.1, 0.15) is 11.6 Å². The van der Waals surface area contributed by atoms with Crippen LogP contribution in [0.1, 0.15) is 30.6 Å². The molecule has 9 heteroatoms. The minimum Gasteiger partial charge on any atom is -0.434 e. The van der Waals surface area contributed by atoms with E-state index in [1.54, 1.807) is 0 Å². The lowest BCUT2D eigenvalue weighted by Crippen LogP contribution is -2.38. The summed E-state index contributed by atoms with van der Waals surface area (Å²) in [7, 11) is 0. The second-order valence-electron chi connectivity index (χ2n) is 5.93. The van der Waals surface area contributed by atoms with E-state index < -0.39 is 18.5 Å². The summed E-state index contributed by atoms with van der Waals surface area (Å²) in [6, 6.07) is 13.0. The Morgan fingerprint density at radius 2 is 1.83 bits per heavy atom. The highest BCUT2D eigenvalue weighted by Gasteiger charge is 2.14. The highest BCUT2D eigenvalue weighted by atomic mass is 127. The van der Waals surface area contributed by atoms with Gasteiger partial charge in [-0.25, -0.2) is 9.38 Å². The summed E-state index contributed by atoms with van der Waals surface area (Å²) in [5.74, 6) is -0.527. The van der Waals surface area contributed by atoms with Crippen LogP contribution in [0.2, 0.25) is 0 Å². The molecule has 2 rings (SSSR count). The molecule has 0 amide bonds. The first-order valence-electron chi connectivity index (χ1n) is 8.98. The van der Waals surface area contributed by atoms with Crippen molar-refractivity contribution in [2.24, 2.45) is 4.99 Å². The third-order valence-electron chi connectivity index (χ3n) is 3.93. The molecule has 5 nitrogen and oxygen atoms in total. The molecule has 2 aromatic rings. The second kappa shape index (κ2) is 13.3. The van der Waals surface area contributed by atoms with Crippen LogP contribution in [0.25, 0.3) is 0 Å². The third kappa shape index (κ3) is 8.48. The van der Waals surface area contributed by atoms with Crippen LogP contribution in [-0.4, -0.2) is 30.8 Å². The Labute approximate surface area is 185 Å². The Bertz CT molecular complexity index is 764. The molecule has 0 aliphatic rings. The topological polar surface area (TPSA) is 65.9 Å². The van der Waals surface area contributed by atoms with Crippen molar-refractivity contribution < 1.29 is 23.0 Å². The molecule has 1 atom stereocenters. The standard InChI is InChI=1S/C20H24F3N3O2.HI/c1-2-24-20(25-12-11-17(27)14-7-4-3-5-8-14)26-13-15-16(21)9-6-10-18(15)28-19(22)23;/h3-10,17,19,27H,2,11-13H2,1H3,(H2,24,25,26);1H. The number of nitrogens with one attached hydrogen (secondary N) is 2. The molecule has 3 N–H and O–H groups in total. The van der Waals surface area contributed by atoms with Gasteiger partial charge in [0.25, 0.3) is 0 Å². The monoisotopic (exact) mass is 523 g/mol. The maximum atomic E-state index is 14.0. The van der Waals surface area contributed by atoms with Crippen LogP contribution in [0.3, 0.4) is 0 Å². The number of halogens is 4. The third-order valence-corrected chi connectivity index (χ3v) is 3.93. The lowest BCUT2D eigenvalue weighted by atomic mass is 10.1. The minimum atomic E-state index is -3.05. The number of aliphatic hydroxyl groups excluding tert-OH is 1. The van der Waals surface area contributed by atoms with Gasteiger partial charge < -0.3 is 20.5 Å². The summed E-state index contributed by atoms with van der Waals surface area (Å²) in [5, 5.41) is 16.2. The van der Waals surface area contributed by atoms with Gasteiger partial charge >= 0.3 is 6.61 Å². The molecule has 1 unspecified atom stereocenters. The maximum Gasteiger partial charge on any atom is 0.387 e. The number of benzene rings is 2. The average molecular weight is 523 g/mol. The van der Waals surface area contributed by atoms with Crippen molar-refractivity contribution in [2.45, 2.75) is 32.6 Å². The molecule has 2 aromatic carbocycles. The number of aliphatic imine (C=N–C) groups is 1. The van der Waals surface area contributed by atoms with Crippen LogP contribution in [0, 0.1) is 5.82 Å². The first kappa shape index (κ1) is 25.0. The molecule has 0 bridgehead atoms. The van der Waals surface area contributed by atoms with Gasteiger partial charge in [0.15, 0.2) is 5.96 Å². The van der Waals surface area contributed by atoms with Gasteiger partial charge in [-0.2, -0.15) is 8.78 Å². The van der Waals surface area contributed by atoms with Crippen molar-refractivity contribution in [3.05, 3.63) is 65.5 Å². The largest absolute Gasteiger partial charge is 0.434 e. The number of rotatable bonds is 9. The molecule has 29 heavy (non-hydrogen) atoms. The molecule has 0 spiro atoms. The second-order valence-corrected chi connectivity index (χ2v) is 5.93. The van der Waals surface area contributed by atoms with Crippen LogP contribution in [0.5, 0.6) is 5.75 Å². The van der Waals surface area contributed by atoms with Crippen molar-refractivity contribution >= 4 is 29.9 Å². The summed E-state index contributed by atoms with van der Waals surface area (Å²) in [6.45, 7) is -0.379. The first-order chi connectivity index (χ1) is 13.5. The zero-order valence-electron chi connectivity index (χ0n) is 15.9. The fourth-order valence-electron chi connectivity index (χ4n) is 2.57. The molecule has 0 radical (unpaired) electrons. The number of aliphatic hydroxyl groups is 1. The van der Waals surface area contributed by atoms with Crippen molar-refractivity contribution in [3.8, 4) is 5.75 Å². The quantitative estimate of drug-likeness (QED) is 0.262. The number of alkyl halides is 2. The first-order valence-corrected chi connectivity index (χ1v) is 8.98. The SMILES string of the molecule is CCNC(=NCc1c(F)cccc1OC(F)F)NCCC(O)c1ccccc1.I. The lowest BCUT2D eigenvalue weighted by molar-refractivity contribution is -0.0506. The van der Waals surface area contributed by atoms with Crippen LogP contribution >= 0.6 is 24.0 Å². The molecule has 0 saturated carbocycles. The van der Waals surface area contributed by atoms with Gasteiger partial charge in [-0.05, 0) is 31.0 Å². The minimum absolute atomic E-state index is 0. The number of nitrogens with zero attached hydrogens (tertiary/aromatic N) is 1. The number of ether oxygens (including phenoxy) is 1. The van der Waals surface area contributed by atoms with E-state index in [-0.39, 0.29) is 41.8 Å². The highest BCUT2D eigenvalue weighted by Crippen LogP contribution is 2.24. The molecule has 160 valence electrons. The van der Waals surface area contributed by atoms with Gasteiger partial charge in [0.05, 0.1) is 18.2 Å². The summed E-state index contributed by atoms with van der Waals surface area (Å²) in [6.07, 6.45) is -0.192. The maximum absolute atomic E-state index is 14.0. The molecule has 0 aromatic heterocycles. The Balaban J connectivity index is 0.00000420. The Kier molecular flexibility index (Phi) is 11.4. The average Bonchev–Trinajstić information content (AvgIpc) is 2.67. The van der Waals surface area contributed by atoms with Crippen molar-refractivity contribution in [1.82, 2.24) is 10.6 Å². The smallest absolute Gasteiger partial charge is 0.387 e. The molecular weight excluding hydrogens is 498 g/mol. The van der Waals surface area contributed by atoms with Crippen LogP contribution < -0.4 is 15.4 Å². The summed E-state index contributed by atoms with van der Waals surface area (Å²) >= 11 is 0.